The van der Waals surface area contributed by atoms with Crippen LogP contribution in [0, 0.1) is 11.7 Å². The molecule has 0 aliphatic heterocycles. The van der Waals surface area contributed by atoms with Crippen LogP contribution >= 0.6 is 11.6 Å². The molecular weight excluding hydrogens is 461 g/mol. The molecule has 0 radical (unpaired) electrons. The number of hydrogen-bond donors (Lipinski definition) is 2. The average molecular weight is 486 g/mol. The van der Waals surface area contributed by atoms with Gasteiger partial charge < -0.3 is 15.2 Å². The topological polar surface area (TPSA) is 110 Å². The summed E-state index contributed by atoms with van der Waals surface area (Å²) in [7, 11) is 0. The lowest BCUT2D eigenvalue weighted by Crippen LogP contribution is -2.28. The summed E-state index contributed by atoms with van der Waals surface area (Å²) in [6.45, 7) is 7.35. The van der Waals surface area contributed by atoms with E-state index in [1.165, 1.54) is 6.20 Å². The molecule has 8 nitrogen and oxygen atoms in total. The summed E-state index contributed by atoms with van der Waals surface area (Å²) in [5.74, 6) is -0.673. The molecule has 2 N–H and O–H groups in total. The third-order valence-corrected chi connectivity index (χ3v) is 5.85. The Labute approximate surface area is 201 Å². The molecule has 1 saturated carbocycles. The second-order valence-electron chi connectivity index (χ2n) is 9.39. The summed E-state index contributed by atoms with van der Waals surface area (Å²) in [6.07, 6.45) is 3.24. The van der Waals surface area contributed by atoms with Crippen LogP contribution in [0.4, 0.5) is 10.2 Å². The summed E-state index contributed by atoms with van der Waals surface area (Å²) in [5, 5.41) is 9.08. The van der Waals surface area contributed by atoms with E-state index in [1.807, 2.05) is 20.8 Å². The van der Waals surface area contributed by atoms with E-state index in [2.05, 4.69) is 25.8 Å². The number of aromatic nitrogens is 3. The van der Waals surface area contributed by atoms with Crippen LogP contribution in [0.15, 0.2) is 35.0 Å². The van der Waals surface area contributed by atoms with Gasteiger partial charge in [-0.1, -0.05) is 49.7 Å². The monoisotopic (exact) mass is 485 g/mol. The quantitative estimate of drug-likeness (QED) is 0.505. The number of nitrogens with zero attached hydrogens (tertiary/aromatic N) is 3. The number of carbonyl (C=O) groups excluding carboxylic acids is 2. The fourth-order valence-electron chi connectivity index (χ4n) is 3.32. The molecule has 0 bridgehead atoms. The molecule has 3 aromatic rings. The number of nitrogens with one attached hydrogen (secondary N) is 2. The molecule has 0 saturated heterocycles. The van der Waals surface area contributed by atoms with Gasteiger partial charge in [-0.25, -0.2) is 9.37 Å². The predicted octanol–water partition coefficient (Wildman–Crippen LogP) is 5.06. The van der Waals surface area contributed by atoms with Crippen LogP contribution in [0.5, 0.6) is 0 Å². The molecule has 1 aliphatic carbocycles. The second kappa shape index (κ2) is 9.13. The fraction of sp³-hybridized carbons (Fsp3) is 0.375. The molecule has 34 heavy (non-hydrogen) atoms. The number of amides is 2. The van der Waals surface area contributed by atoms with Crippen molar-refractivity contribution in [3.05, 3.63) is 58.6 Å². The first-order chi connectivity index (χ1) is 16.0. The van der Waals surface area contributed by atoms with Crippen molar-refractivity contribution in [2.24, 2.45) is 5.92 Å². The van der Waals surface area contributed by atoms with Crippen molar-refractivity contribution >= 4 is 29.2 Å². The SMILES string of the molecule is C[C@H](NC(=O)c1noc(C(C)(C)C)n1)c1ccc(-c2ccnc(NC(=O)C3CC3)c2)c(F)c1Cl. The number of carbonyl (C=O) groups is 2. The molecule has 2 aromatic heterocycles. The third kappa shape index (κ3) is 5.09. The van der Waals surface area contributed by atoms with E-state index in [4.69, 9.17) is 16.1 Å². The van der Waals surface area contributed by atoms with E-state index in [9.17, 15) is 9.59 Å². The normalized spacial score (nSPS) is 14.5. The van der Waals surface area contributed by atoms with Crippen molar-refractivity contribution in [1.29, 1.82) is 0 Å². The molecule has 0 spiro atoms. The Kier molecular flexibility index (Phi) is 6.40. The third-order valence-electron chi connectivity index (χ3n) is 5.47. The van der Waals surface area contributed by atoms with Gasteiger partial charge in [0.25, 0.3) is 11.7 Å². The predicted molar refractivity (Wildman–Crippen MR) is 125 cm³/mol. The Balaban J connectivity index is 1.51. The number of hydrogen-bond acceptors (Lipinski definition) is 6. The molecular formula is C24H25ClFN5O3. The summed E-state index contributed by atoms with van der Waals surface area (Å²) >= 11 is 6.35. The molecule has 1 aromatic carbocycles. The van der Waals surface area contributed by atoms with Crippen molar-refractivity contribution < 1.29 is 18.5 Å². The standard InChI is InChI=1S/C24H25ClFN5O3/c1-12(28-22(33)20-30-23(34-31-20)24(2,3)4)15-7-8-16(19(26)18(15)25)14-9-10-27-17(11-14)29-21(32)13-5-6-13/h7-13H,5-6H2,1-4H3,(H,28,33)(H,27,29,32)/t12-/m0/s1. The summed E-state index contributed by atoms with van der Waals surface area (Å²) in [5.41, 5.74) is 0.773. The number of pyridine rings is 1. The number of halogens is 2. The Morgan fingerprint density at radius 3 is 2.62 bits per heavy atom. The average Bonchev–Trinajstić information content (AvgIpc) is 3.50. The van der Waals surface area contributed by atoms with E-state index >= 15 is 4.39 Å². The zero-order valence-corrected chi connectivity index (χ0v) is 20.0. The smallest absolute Gasteiger partial charge is 0.293 e. The zero-order chi connectivity index (χ0) is 24.6. The summed E-state index contributed by atoms with van der Waals surface area (Å²) in [4.78, 5) is 32.8. The first-order valence-electron chi connectivity index (χ1n) is 10.9. The van der Waals surface area contributed by atoms with Gasteiger partial charge in [-0.2, -0.15) is 4.98 Å². The number of benzene rings is 1. The van der Waals surface area contributed by atoms with Crippen molar-refractivity contribution in [2.45, 2.75) is 52.0 Å². The van der Waals surface area contributed by atoms with Gasteiger partial charge >= 0.3 is 0 Å². The van der Waals surface area contributed by atoms with E-state index in [0.29, 0.717) is 22.8 Å². The van der Waals surface area contributed by atoms with Crippen molar-refractivity contribution in [3.8, 4) is 11.1 Å². The molecule has 1 atom stereocenters. The van der Waals surface area contributed by atoms with Gasteiger partial charge in [0.05, 0.1) is 11.1 Å². The number of rotatable bonds is 6. The van der Waals surface area contributed by atoms with Crippen molar-refractivity contribution in [2.75, 3.05) is 5.32 Å². The van der Waals surface area contributed by atoms with Crippen LogP contribution in [0.1, 0.15) is 68.7 Å². The van der Waals surface area contributed by atoms with E-state index < -0.39 is 23.2 Å². The van der Waals surface area contributed by atoms with Crippen LogP contribution in [0.2, 0.25) is 5.02 Å². The summed E-state index contributed by atoms with van der Waals surface area (Å²) in [6, 6.07) is 5.84. The zero-order valence-electron chi connectivity index (χ0n) is 19.3. The fourth-order valence-corrected chi connectivity index (χ4v) is 3.65. The van der Waals surface area contributed by atoms with Gasteiger partial charge in [-0.05, 0) is 43.0 Å². The minimum absolute atomic E-state index is 0.0279. The number of anilines is 1. The second-order valence-corrected chi connectivity index (χ2v) is 9.77. The van der Waals surface area contributed by atoms with Crippen molar-refractivity contribution in [1.82, 2.24) is 20.4 Å². The van der Waals surface area contributed by atoms with Gasteiger partial charge in [0, 0.05) is 23.1 Å². The minimum atomic E-state index is -0.638. The van der Waals surface area contributed by atoms with Crippen LogP contribution in [-0.4, -0.2) is 26.9 Å². The molecule has 178 valence electrons. The van der Waals surface area contributed by atoms with Gasteiger partial charge in [0.15, 0.2) is 0 Å². The molecule has 10 heteroatoms. The first kappa shape index (κ1) is 23.8. The van der Waals surface area contributed by atoms with Crippen LogP contribution < -0.4 is 10.6 Å². The van der Waals surface area contributed by atoms with Gasteiger partial charge in [0.2, 0.25) is 11.8 Å². The van der Waals surface area contributed by atoms with E-state index in [1.54, 1.807) is 31.2 Å². The van der Waals surface area contributed by atoms with Gasteiger partial charge in [0.1, 0.15) is 11.6 Å². The molecule has 1 fully saturated rings. The molecule has 4 rings (SSSR count). The highest BCUT2D eigenvalue weighted by Gasteiger charge is 2.30. The maximum absolute atomic E-state index is 15.2. The largest absolute Gasteiger partial charge is 0.343 e. The highest BCUT2D eigenvalue weighted by atomic mass is 35.5. The minimum Gasteiger partial charge on any atom is -0.343 e. The molecule has 2 heterocycles. The van der Waals surface area contributed by atoms with Gasteiger partial charge in [-0.15, -0.1) is 0 Å². The van der Waals surface area contributed by atoms with Crippen LogP contribution in [-0.2, 0) is 10.2 Å². The highest BCUT2D eigenvalue weighted by molar-refractivity contribution is 6.32. The molecule has 0 unspecified atom stereocenters. The molecule has 2 amide bonds. The van der Waals surface area contributed by atoms with Crippen LogP contribution in [0.25, 0.3) is 11.1 Å². The van der Waals surface area contributed by atoms with Crippen LogP contribution in [0.3, 0.4) is 0 Å². The first-order valence-corrected chi connectivity index (χ1v) is 11.3. The maximum Gasteiger partial charge on any atom is 0.293 e. The Bertz CT molecular complexity index is 1250. The Morgan fingerprint density at radius 2 is 1.97 bits per heavy atom. The van der Waals surface area contributed by atoms with Gasteiger partial charge in [-0.3, -0.25) is 9.59 Å². The van der Waals surface area contributed by atoms with E-state index in [-0.39, 0.29) is 28.2 Å². The Hall–Kier alpha value is -3.33. The highest BCUT2D eigenvalue weighted by Crippen LogP contribution is 2.34. The molecule has 1 aliphatic rings. The maximum atomic E-state index is 15.2. The lowest BCUT2D eigenvalue weighted by atomic mass is 9.97. The lowest BCUT2D eigenvalue weighted by molar-refractivity contribution is -0.117. The van der Waals surface area contributed by atoms with E-state index in [0.717, 1.165) is 12.8 Å². The summed E-state index contributed by atoms with van der Waals surface area (Å²) < 4.78 is 20.4. The lowest BCUT2D eigenvalue weighted by Gasteiger charge is -2.17. The van der Waals surface area contributed by atoms with Crippen molar-refractivity contribution in [3.63, 3.8) is 0 Å². The Morgan fingerprint density at radius 1 is 1.24 bits per heavy atom.